The predicted octanol–water partition coefficient (Wildman–Crippen LogP) is 5.68. The van der Waals surface area contributed by atoms with Crippen molar-refractivity contribution < 1.29 is 22.4 Å². The Labute approximate surface area is 212 Å². The molecule has 0 aliphatic carbocycles. The third kappa shape index (κ3) is 4.54. The third-order valence-electron chi connectivity index (χ3n) is 5.48. The van der Waals surface area contributed by atoms with Crippen LogP contribution in [0.3, 0.4) is 0 Å². The zero-order chi connectivity index (χ0) is 20.4. The molecule has 0 spiro atoms. The Hall–Kier alpha value is -1.15. The van der Waals surface area contributed by atoms with Crippen molar-refractivity contribution in [3.8, 4) is 0 Å². The van der Waals surface area contributed by atoms with E-state index in [0.717, 1.165) is 21.9 Å². The Morgan fingerprint density at radius 3 is 0.667 bits per heavy atom. The molecule has 0 aromatic heterocycles. The molecule has 4 aromatic rings. The van der Waals surface area contributed by atoms with Crippen molar-refractivity contribution in [1.82, 2.24) is 0 Å². The van der Waals surface area contributed by atoms with Crippen LogP contribution in [-0.4, -0.2) is 6.15 Å². The van der Waals surface area contributed by atoms with Crippen molar-refractivity contribution >= 4 is 74.4 Å². The average Bonchev–Trinajstić information content (AvgIpc) is 2.73. The Bertz CT molecular complexity index is 922. The molecule has 6 heteroatoms. The van der Waals surface area contributed by atoms with Crippen molar-refractivity contribution in [2.24, 2.45) is 0 Å². The zero-order valence-corrected chi connectivity index (χ0v) is 20.1. The first-order valence-corrected chi connectivity index (χ1v) is 10.7. The van der Waals surface area contributed by atoms with Gasteiger partial charge in [-0.25, -0.2) is 0 Å². The van der Waals surface area contributed by atoms with Crippen molar-refractivity contribution in [2.75, 3.05) is 0 Å². The van der Waals surface area contributed by atoms with Gasteiger partial charge in [0, 0.05) is 20.1 Å². The summed E-state index contributed by atoms with van der Waals surface area (Å²) in [6.07, 6.45) is -1.51. The molecule has 0 atom stereocenters. The second-order valence-electron chi connectivity index (χ2n) is 7.07. The maximum absolute atomic E-state index is 6.22. The molecule has 154 valence electrons. The van der Waals surface area contributed by atoms with Crippen molar-refractivity contribution in [3.63, 3.8) is 0 Å². The molecule has 0 aliphatic heterocycles. The molecule has 0 amide bonds. The Morgan fingerprint density at radius 2 is 0.500 bits per heavy atom. The van der Waals surface area contributed by atoms with Crippen LogP contribution in [0.2, 0.25) is 20.1 Å². The third-order valence-corrected chi connectivity index (χ3v) is 6.49. The summed E-state index contributed by atoms with van der Waals surface area (Å²) in [5.74, 6) is 0. The summed E-state index contributed by atoms with van der Waals surface area (Å²) >= 11 is 24.9. The van der Waals surface area contributed by atoms with E-state index in [9.17, 15) is 0 Å². The molecule has 0 radical (unpaired) electrons. The van der Waals surface area contributed by atoms with Crippen LogP contribution in [0.5, 0.6) is 0 Å². The van der Waals surface area contributed by atoms with Gasteiger partial charge in [-0.05, 0) is 48.5 Å². The molecule has 0 unspecified atom stereocenters. The maximum Gasteiger partial charge on any atom is 1.00 e. The van der Waals surface area contributed by atoms with Crippen LogP contribution in [-0.2, 0) is 22.4 Å². The van der Waals surface area contributed by atoms with Gasteiger partial charge in [0.15, 0.2) is 0 Å². The fraction of sp³-hybridized carbons (Fsp3) is 0. The van der Waals surface area contributed by atoms with E-state index in [1.54, 1.807) is 0 Å². The number of halogens is 4. The molecule has 0 nitrogen and oxygen atoms in total. The van der Waals surface area contributed by atoms with Gasteiger partial charge >= 0.3 is 22.4 Å². The summed E-state index contributed by atoms with van der Waals surface area (Å²) in [7, 11) is 0. The standard InChI is InChI=1S/C24H16BCl4.Ag/c26-21-9-1-17(2-10-21)25(18-3-11-22(27)12-4-18,19-5-13-23(28)14-6-19)20-7-15-24(29)16-8-20;/h1-16H;/q-1;+1. The van der Waals surface area contributed by atoms with Crippen LogP contribution in [0.25, 0.3) is 0 Å². The fourth-order valence-electron chi connectivity index (χ4n) is 4.16. The minimum atomic E-state index is -1.51. The number of benzene rings is 4. The smallest absolute Gasteiger partial charge is 0.195 e. The predicted molar refractivity (Wildman–Crippen MR) is 130 cm³/mol. The van der Waals surface area contributed by atoms with E-state index in [2.05, 4.69) is 48.5 Å². The van der Waals surface area contributed by atoms with Crippen LogP contribution in [0, 0.1) is 0 Å². The maximum atomic E-state index is 6.22. The van der Waals surface area contributed by atoms with Gasteiger partial charge in [-0.15, -0.1) is 0 Å². The largest absolute Gasteiger partial charge is 1.00 e. The normalized spacial score (nSPS) is 11.1. The second kappa shape index (κ2) is 9.98. The molecule has 0 fully saturated rings. The minimum absolute atomic E-state index is 0. The topological polar surface area (TPSA) is 0 Å². The van der Waals surface area contributed by atoms with Gasteiger partial charge in [0.05, 0.1) is 0 Å². The molecule has 0 N–H and O–H groups in total. The molecule has 0 saturated carbocycles. The Kier molecular flexibility index (Phi) is 7.82. The van der Waals surface area contributed by atoms with Crippen molar-refractivity contribution in [1.29, 1.82) is 0 Å². The van der Waals surface area contributed by atoms with E-state index in [1.807, 2.05) is 48.5 Å². The van der Waals surface area contributed by atoms with E-state index in [0.29, 0.717) is 20.1 Å². The van der Waals surface area contributed by atoms with Crippen molar-refractivity contribution in [2.45, 2.75) is 0 Å². The summed E-state index contributed by atoms with van der Waals surface area (Å²) in [5, 5.41) is 2.78. The first-order chi connectivity index (χ1) is 14.0. The van der Waals surface area contributed by atoms with E-state index >= 15 is 0 Å². The summed E-state index contributed by atoms with van der Waals surface area (Å²) in [6, 6.07) is 32.1. The quantitative estimate of drug-likeness (QED) is 0.280. The van der Waals surface area contributed by atoms with Crippen LogP contribution in [0.4, 0.5) is 0 Å². The number of rotatable bonds is 4. The molecular weight excluding hydrogens is 549 g/mol. The van der Waals surface area contributed by atoms with Gasteiger partial charge in [-0.1, -0.05) is 94.9 Å². The Morgan fingerprint density at radius 1 is 0.333 bits per heavy atom. The molecule has 0 heterocycles. The van der Waals surface area contributed by atoms with Crippen molar-refractivity contribution in [3.05, 3.63) is 117 Å². The monoisotopic (exact) mass is 562 g/mol. The van der Waals surface area contributed by atoms with E-state index in [4.69, 9.17) is 46.4 Å². The average molecular weight is 565 g/mol. The SMILES string of the molecule is Clc1ccc([B-](c2ccc(Cl)cc2)(c2ccc(Cl)cc2)c2ccc(Cl)cc2)cc1.[Ag+]. The van der Waals surface area contributed by atoms with Crippen LogP contribution in [0.15, 0.2) is 97.1 Å². The molecular formula is C24H16AgBCl4. The van der Waals surface area contributed by atoms with Crippen LogP contribution >= 0.6 is 46.4 Å². The first kappa shape index (κ1) is 23.5. The Balaban J connectivity index is 0.00000256. The molecule has 4 rings (SSSR count). The second-order valence-corrected chi connectivity index (χ2v) is 8.82. The van der Waals surface area contributed by atoms with Crippen LogP contribution < -0.4 is 21.9 Å². The molecule has 0 aliphatic rings. The van der Waals surface area contributed by atoms with Crippen LogP contribution in [0.1, 0.15) is 0 Å². The summed E-state index contributed by atoms with van der Waals surface area (Å²) < 4.78 is 0. The summed E-state index contributed by atoms with van der Waals surface area (Å²) in [4.78, 5) is 0. The zero-order valence-electron chi connectivity index (χ0n) is 15.6. The fourth-order valence-corrected chi connectivity index (χ4v) is 4.66. The molecule has 0 saturated heterocycles. The van der Waals surface area contributed by atoms with Gasteiger partial charge in [0.2, 0.25) is 0 Å². The molecule has 30 heavy (non-hydrogen) atoms. The van der Waals surface area contributed by atoms with Gasteiger partial charge < -0.3 is 0 Å². The van der Waals surface area contributed by atoms with E-state index in [-0.39, 0.29) is 22.4 Å². The van der Waals surface area contributed by atoms with E-state index in [1.165, 1.54) is 0 Å². The van der Waals surface area contributed by atoms with Gasteiger partial charge in [0.25, 0.3) is 0 Å². The van der Waals surface area contributed by atoms with E-state index < -0.39 is 6.15 Å². The summed E-state index contributed by atoms with van der Waals surface area (Å²) in [5.41, 5.74) is 4.56. The van der Waals surface area contributed by atoms with Gasteiger partial charge in [-0.3, -0.25) is 0 Å². The van der Waals surface area contributed by atoms with Gasteiger partial charge in [-0.2, -0.15) is 21.9 Å². The summed E-state index contributed by atoms with van der Waals surface area (Å²) in [6.45, 7) is 0. The first-order valence-electron chi connectivity index (χ1n) is 9.20. The molecule has 4 aromatic carbocycles. The van der Waals surface area contributed by atoms with Gasteiger partial charge in [0.1, 0.15) is 6.15 Å². The number of hydrogen-bond donors (Lipinski definition) is 0. The minimum Gasteiger partial charge on any atom is -0.195 e. The molecule has 0 bridgehead atoms. The number of hydrogen-bond acceptors (Lipinski definition) is 0.